The van der Waals surface area contributed by atoms with Crippen molar-refractivity contribution in [1.29, 1.82) is 0 Å². The average molecular weight is 860 g/mol. The van der Waals surface area contributed by atoms with Gasteiger partial charge in [0.15, 0.2) is 0 Å². The van der Waals surface area contributed by atoms with Crippen LogP contribution in [0, 0.1) is 0 Å². The number of benzene rings is 7. The quantitative estimate of drug-likeness (QED) is 0.160. The molecule has 0 N–H and O–H groups in total. The number of anilines is 6. The molecule has 4 aromatic heterocycles. The molecule has 0 bridgehead atoms. The van der Waals surface area contributed by atoms with Crippen LogP contribution in [-0.4, -0.2) is 11.1 Å². The van der Waals surface area contributed by atoms with Crippen molar-refractivity contribution in [1.82, 2.24) is 4.40 Å². The first-order chi connectivity index (χ1) is 31.0. The second-order valence-electron chi connectivity index (χ2n) is 23.2. The summed E-state index contributed by atoms with van der Waals surface area (Å²) < 4.78 is 5.45. The van der Waals surface area contributed by atoms with E-state index in [0.717, 1.165) is 0 Å². The lowest BCUT2D eigenvalue weighted by Gasteiger charge is -2.45. The molecular weight excluding hydrogens is 806 g/mol. The molecule has 318 valence electrons. The van der Waals surface area contributed by atoms with E-state index in [2.05, 4.69) is 205 Å². The van der Waals surface area contributed by atoms with E-state index in [4.69, 9.17) is 0 Å². The van der Waals surface area contributed by atoms with E-state index < -0.39 is 0 Å². The van der Waals surface area contributed by atoms with Gasteiger partial charge in [0.25, 0.3) is 6.71 Å². The highest BCUT2D eigenvalue weighted by atomic mass is 32.1. The Morgan fingerprint density at radius 2 is 1.08 bits per heavy atom. The third kappa shape index (κ3) is 4.73. The summed E-state index contributed by atoms with van der Waals surface area (Å²) in [5.41, 5.74) is 20.5. The summed E-state index contributed by atoms with van der Waals surface area (Å²) in [5.74, 6) is 0. The van der Waals surface area contributed by atoms with Gasteiger partial charge in [0.05, 0.1) is 33.6 Å². The Labute approximate surface area is 386 Å². The zero-order chi connectivity index (χ0) is 44.4. The van der Waals surface area contributed by atoms with Crippen LogP contribution in [-0.2, 0) is 21.7 Å². The van der Waals surface area contributed by atoms with Crippen molar-refractivity contribution in [2.45, 2.75) is 104 Å². The fraction of sp³-hybridized carbons (Fsp3) is 0.267. The maximum absolute atomic E-state index is 2.77. The van der Waals surface area contributed by atoms with Crippen molar-refractivity contribution in [2.24, 2.45) is 0 Å². The van der Waals surface area contributed by atoms with Gasteiger partial charge in [0.1, 0.15) is 0 Å². The van der Waals surface area contributed by atoms with Crippen LogP contribution in [0.25, 0.3) is 59.0 Å². The summed E-state index contributed by atoms with van der Waals surface area (Å²) in [6.45, 7) is 23.9. The van der Waals surface area contributed by atoms with Crippen molar-refractivity contribution in [3.63, 3.8) is 0 Å². The van der Waals surface area contributed by atoms with E-state index in [1.54, 1.807) is 0 Å². The summed E-state index contributed by atoms with van der Waals surface area (Å²) in [6.07, 6.45) is 2.37. The Morgan fingerprint density at radius 3 is 1.74 bits per heavy atom. The number of fused-ring (bicyclic) bond motifs is 12. The highest BCUT2D eigenvalue weighted by Gasteiger charge is 2.49. The number of hydrogen-bond acceptors (Lipinski definition) is 3. The Hall–Kier alpha value is -6.04. The zero-order valence-electron chi connectivity index (χ0n) is 39.3. The highest BCUT2D eigenvalue weighted by molar-refractivity contribution is 7.33. The van der Waals surface area contributed by atoms with Crippen LogP contribution in [0.1, 0.15) is 104 Å². The van der Waals surface area contributed by atoms with E-state index in [9.17, 15) is 0 Å². The van der Waals surface area contributed by atoms with E-state index in [1.165, 1.54) is 144 Å². The summed E-state index contributed by atoms with van der Waals surface area (Å²) >= 11 is 2.01. The fourth-order valence-electron chi connectivity index (χ4n) is 12.9. The van der Waals surface area contributed by atoms with Gasteiger partial charge in [0, 0.05) is 64.2 Å². The molecule has 14 rings (SSSR count). The molecule has 0 radical (unpaired) electrons. The smallest absolute Gasteiger partial charge is 0.264 e. The molecule has 7 aromatic carbocycles. The molecule has 0 atom stereocenters. The lowest BCUT2D eigenvalue weighted by Crippen LogP contribution is -2.60. The Balaban J connectivity index is 1.22. The predicted octanol–water partition coefficient (Wildman–Crippen LogP) is 15.1. The van der Waals surface area contributed by atoms with Gasteiger partial charge < -0.3 is 14.2 Å². The third-order valence-electron chi connectivity index (χ3n) is 16.4. The summed E-state index contributed by atoms with van der Waals surface area (Å²) in [4.78, 5) is 5.45. The minimum Gasteiger partial charge on any atom is -0.311 e. The first-order valence-electron chi connectivity index (χ1n) is 23.9. The van der Waals surface area contributed by atoms with Crippen molar-refractivity contribution in [3.05, 3.63) is 144 Å². The fourth-order valence-corrected chi connectivity index (χ4v) is 14.2. The Kier molecular flexibility index (Phi) is 7.09. The number of thiophene rings is 1. The van der Waals surface area contributed by atoms with Gasteiger partial charge in [-0.25, -0.2) is 0 Å². The third-order valence-corrected chi connectivity index (χ3v) is 17.6. The first kappa shape index (κ1) is 38.3. The molecule has 0 unspecified atom stereocenters. The molecular formula is C60H54BN3S. The van der Waals surface area contributed by atoms with Crippen molar-refractivity contribution >= 4 is 127 Å². The Bertz CT molecular complexity index is 3810. The minimum absolute atomic E-state index is 0.0225. The zero-order valence-corrected chi connectivity index (χ0v) is 40.1. The van der Waals surface area contributed by atoms with E-state index in [1.807, 2.05) is 11.3 Å². The van der Waals surface area contributed by atoms with Gasteiger partial charge in [-0.15, -0.1) is 11.3 Å². The standard InChI is InChI=1S/C60H54BN3S/c1-57(2,3)33-21-24-35(25-22-33)62-45-28-23-34(58(4,5)6)31-44(45)61-49-54(62)47-40-18-13-16-37-38-17-14-19-41-48(53(47)64(50(37)40)51(38)41)55(49)63(52-39-15-11-12-20-46(39)65-56(52)61)36-26-27-42-43(32-36)60(9,10)30-29-59(42,7)8/h11-28,31-32H,29-30H2,1-10H3. The van der Waals surface area contributed by atoms with Crippen LogP contribution in [0.5, 0.6) is 0 Å². The normalized spacial score (nSPS) is 16.8. The van der Waals surface area contributed by atoms with Gasteiger partial charge in [-0.2, -0.15) is 0 Å². The van der Waals surface area contributed by atoms with E-state index in [-0.39, 0.29) is 28.4 Å². The molecule has 0 spiro atoms. The van der Waals surface area contributed by atoms with Crippen molar-refractivity contribution in [2.75, 3.05) is 9.80 Å². The summed E-state index contributed by atoms with van der Waals surface area (Å²) in [7, 11) is 0. The summed E-state index contributed by atoms with van der Waals surface area (Å²) in [6, 6.07) is 48.0. The molecule has 0 saturated heterocycles. The van der Waals surface area contributed by atoms with Crippen LogP contribution in [0.15, 0.2) is 121 Å². The molecule has 1 aliphatic carbocycles. The van der Waals surface area contributed by atoms with Crippen molar-refractivity contribution < 1.29 is 0 Å². The number of para-hydroxylation sites is 2. The van der Waals surface area contributed by atoms with Gasteiger partial charge >= 0.3 is 0 Å². The van der Waals surface area contributed by atoms with Gasteiger partial charge in [-0.05, 0) is 104 Å². The van der Waals surface area contributed by atoms with Gasteiger partial charge in [-0.3, -0.25) is 0 Å². The number of nitrogens with zero attached hydrogens (tertiary/aromatic N) is 3. The second-order valence-corrected chi connectivity index (χ2v) is 24.3. The van der Waals surface area contributed by atoms with E-state index >= 15 is 0 Å². The molecule has 5 heteroatoms. The molecule has 3 aliphatic rings. The SMILES string of the molecule is CC(C)(C)c1ccc(N2c3ccc(C(C)(C)C)cc3B3c4sc5ccccc5c4N(c4ccc5c(c4)C(C)(C)CCC5(C)C)c4c3c2c2c3cccc5c6cccc7c4c2n(c53)c67)cc1. The molecule has 0 amide bonds. The second kappa shape index (κ2) is 12.0. The molecule has 3 nitrogen and oxygen atoms in total. The molecule has 65 heavy (non-hydrogen) atoms. The van der Waals surface area contributed by atoms with E-state index in [0.29, 0.717) is 0 Å². The molecule has 11 aromatic rings. The lowest BCUT2D eigenvalue weighted by atomic mass is 9.35. The number of aromatic nitrogens is 1. The maximum atomic E-state index is 2.77. The van der Waals surface area contributed by atoms with Crippen LogP contribution >= 0.6 is 11.3 Å². The van der Waals surface area contributed by atoms with Gasteiger partial charge in [-0.1, -0.05) is 154 Å². The van der Waals surface area contributed by atoms with Crippen LogP contribution in [0.4, 0.5) is 34.1 Å². The monoisotopic (exact) mass is 859 g/mol. The molecule has 2 aliphatic heterocycles. The average Bonchev–Trinajstić information content (AvgIpc) is 4.03. The number of rotatable bonds is 2. The van der Waals surface area contributed by atoms with Crippen LogP contribution in [0.2, 0.25) is 0 Å². The largest absolute Gasteiger partial charge is 0.311 e. The van der Waals surface area contributed by atoms with Gasteiger partial charge in [0.2, 0.25) is 0 Å². The minimum atomic E-state index is -0.0271. The predicted molar refractivity (Wildman–Crippen MR) is 283 cm³/mol. The maximum Gasteiger partial charge on any atom is 0.264 e. The number of hydrogen-bond donors (Lipinski definition) is 0. The topological polar surface area (TPSA) is 10.9 Å². The Morgan fingerprint density at radius 1 is 0.508 bits per heavy atom. The van der Waals surface area contributed by atoms with Crippen LogP contribution in [0.3, 0.4) is 0 Å². The molecule has 0 fully saturated rings. The van der Waals surface area contributed by atoms with Crippen LogP contribution < -0.4 is 25.5 Å². The molecule has 6 heterocycles. The lowest BCUT2D eigenvalue weighted by molar-refractivity contribution is 0.332. The first-order valence-corrected chi connectivity index (χ1v) is 24.7. The highest BCUT2D eigenvalue weighted by Crippen LogP contribution is 2.59. The summed E-state index contributed by atoms with van der Waals surface area (Å²) in [5, 5.41) is 9.45. The van der Waals surface area contributed by atoms with Crippen molar-refractivity contribution in [3.8, 4) is 0 Å². The molecule has 0 saturated carbocycles.